The molecule has 0 fully saturated rings. The van der Waals surface area contributed by atoms with Crippen molar-refractivity contribution >= 4 is 56.6 Å². The number of carbonyl (C=O) groups is 1. The fourth-order valence-electron chi connectivity index (χ4n) is 2.73. The van der Waals surface area contributed by atoms with Crippen LogP contribution in [0.4, 0.5) is 10.2 Å². The molecule has 1 unspecified atom stereocenters. The Morgan fingerprint density at radius 3 is 2.73 bits per heavy atom. The predicted molar refractivity (Wildman–Crippen MR) is 119 cm³/mol. The molecule has 0 aliphatic carbocycles. The van der Waals surface area contributed by atoms with Crippen LogP contribution in [0.25, 0.3) is 21.3 Å². The highest BCUT2D eigenvalue weighted by Crippen LogP contribution is 2.32. The minimum Gasteiger partial charge on any atom is -0.310 e. The van der Waals surface area contributed by atoms with Crippen molar-refractivity contribution in [1.82, 2.24) is 15.0 Å². The quantitative estimate of drug-likeness (QED) is 0.324. The van der Waals surface area contributed by atoms with Crippen molar-refractivity contribution in [1.29, 1.82) is 0 Å². The molecule has 152 valence electrons. The lowest BCUT2D eigenvalue weighted by Gasteiger charge is -2.11. The molecule has 1 aromatic carbocycles. The topological polar surface area (TPSA) is 87.7 Å². The van der Waals surface area contributed by atoms with E-state index in [1.54, 1.807) is 31.2 Å². The third-order valence-electron chi connectivity index (χ3n) is 4.21. The van der Waals surface area contributed by atoms with E-state index in [9.17, 15) is 14.0 Å². The Morgan fingerprint density at radius 1 is 1.27 bits per heavy atom. The number of hydrogen-bond acceptors (Lipinski definition) is 6. The monoisotopic (exact) mass is 460 g/mol. The van der Waals surface area contributed by atoms with Gasteiger partial charge >= 0.3 is 0 Å². The molecular weight excluding hydrogens is 447 g/mol. The standard InChI is InChI=1S/C20H14ClFN4O2S2/c1-10(17(27)24-15-7-4-12(21)8-23-15)30-20-25-18(28)16-14(9-29-19(16)26-20)11-2-5-13(22)6-3-11/h2-10H,1H3,(H,23,24,27)(H,25,26,28). The predicted octanol–water partition coefficient (Wildman–Crippen LogP) is 4.96. The first-order valence-corrected chi connectivity index (χ1v) is 10.9. The van der Waals surface area contributed by atoms with E-state index >= 15 is 0 Å². The summed E-state index contributed by atoms with van der Waals surface area (Å²) in [7, 11) is 0. The Morgan fingerprint density at radius 2 is 2.03 bits per heavy atom. The van der Waals surface area contributed by atoms with Crippen LogP contribution in [0.15, 0.2) is 57.9 Å². The number of aromatic amines is 1. The number of benzene rings is 1. The van der Waals surface area contributed by atoms with Gasteiger partial charge in [-0.15, -0.1) is 11.3 Å². The number of carbonyl (C=O) groups excluding carboxylic acids is 1. The maximum absolute atomic E-state index is 13.2. The Hall–Kier alpha value is -2.75. The molecular formula is C20H14ClFN4O2S2. The van der Waals surface area contributed by atoms with E-state index < -0.39 is 5.25 Å². The van der Waals surface area contributed by atoms with E-state index in [0.717, 1.165) is 17.3 Å². The van der Waals surface area contributed by atoms with E-state index in [1.807, 2.05) is 5.38 Å². The van der Waals surface area contributed by atoms with Crippen LogP contribution in [0.2, 0.25) is 5.02 Å². The number of amides is 1. The number of nitrogens with one attached hydrogen (secondary N) is 2. The number of halogens is 2. The number of hydrogen-bond donors (Lipinski definition) is 2. The van der Waals surface area contributed by atoms with E-state index in [2.05, 4.69) is 20.3 Å². The second-order valence-corrected chi connectivity index (χ2v) is 8.94. The zero-order valence-electron chi connectivity index (χ0n) is 15.5. The van der Waals surface area contributed by atoms with Crippen LogP contribution in [0.5, 0.6) is 0 Å². The van der Waals surface area contributed by atoms with E-state index in [-0.39, 0.29) is 17.3 Å². The summed E-state index contributed by atoms with van der Waals surface area (Å²) in [6, 6.07) is 9.17. The van der Waals surface area contributed by atoms with Gasteiger partial charge in [-0.3, -0.25) is 9.59 Å². The van der Waals surface area contributed by atoms with Crippen molar-refractivity contribution in [3.63, 3.8) is 0 Å². The molecule has 30 heavy (non-hydrogen) atoms. The van der Waals surface area contributed by atoms with Crippen LogP contribution in [-0.4, -0.2) is 26.1 Å². The van der Waals surface area contributed by atoms with Crippen LogP contribution in [0.1, 0.15) is 6.92 Å². The second-order valence-electron chi connectivity index (χ2n) is 6.32. The summed E-state index contributed by atoms with van der Waals surface area (Å²) in [6.45, 7) is 1.71. The molecule has 10 heteroatoms. The molecule has 2 N–H and O–H groups in total. The van der Waals surface area contributed by atoms with Gasteiger partial charge in [0.1, 0.15) is 16.5 Å². The number of rotatable bonds is 5. The number of aromatic nitrogens is 3. The SMILES string of the molecule is CC(Sc1nc2scc(-c3ccc(F)cc3)c2c(=O)[nH]1)C(=O)Nc1ccc(Cl)cn1. The molecule has 0 spiro atoms. The summed E-state index contributed by atoms with van der Waals surface area (Å²) in [5, 5.41) is 5.24. The van der Waals surface area contributed by atoms with Gasteiger partial charge < -0.3 is 10.3 Å². The summed E-state index contributed by atoms with van der Waals surface area (Å²) in [6.07, 6.45) is 1.44. The number of thiophene rings is 1. The molecule has 0 aliphatic heterocycles. The Kier molecular flexibility index (Phi) is 5.85. The van der Waals surface area contributed by atoms with Gasteiger partial charge in [0, 0.05) is 17.1 Å². The molecule has 3 aromatic heterocycles. The number of anilines is 1. The van der Waals surface area contributed by atoms with Crippen molar-refractivity contribution < 1.29 is 9.18 Å². The average Bonchev–Trinajstić information content (AvgIpc) is 3.15. The zero-order valence-corrected chi connectivity index (χ0v) is 17.9. The van der Waals surface area contributed by atoms with E-state index in [1.165, 1.54) is 29.7 Å². The van der Waals surface area contributed by atoms with Crippen LogP contribution in [0, 0.1) is 5.82 Å². The summed E-state index contributed by atoms with van der Waals surface area (Å²) < 4.78 is 13.2. The van der Waals surface area contributed by atoms with Gasteiger partial charge in [0.25, 0.3) is 5.56 Å². The van der Waals surface area contributed by atoms with Crippen molar-refractivity contribution in [2.24, 2.45) is 0 Å². The third-order valence-corrected chi connectivity index (χ3v) is 6.29. The molecule has 1 amide bonds. The van der Waals surface area contributed by atoms with Gasteiger partial charge in [0.15, 0.2) is 5.16 Å². The summed E-state index contributed by atoms with van der Waals surface area (Å²) in [4.78, 5) is 36.9. The molecule has 0 bridgehead atoms. The van der Waals surface area contributed by atoms with Crippen LogP contribution < -0.4 is 10.9 Å². The van der Waals surface area contributed by atoms with Gasteiger partial charge in [-0.25, -0.2) is 14.4 Å². The highest BCUT2D eigenvalue weighted by atomic mass is 35.5. The average molecular weight is 461 g/mol. The lowest BCUT2D eigenvalue weighted by atomic mass is 10.1. The summed E-state index contributed by atoms with van der Waals surface area (Å²) >= 11 is 8.25. The molecule has 0 saturated carbocycles. The number of H-pyrrole nitrogens is 1. The lowest BCUT2D eigenvalue weighted by molar-refractivity contribution is -0.115. The van der Waals surface area contributed by atoms with Gasteiger partial charge in [0.05, 0.1) is 15.7 Å². The fraction of sp³-hybridized carbons (Fsp3) is 0.100. The molecule has 1 atom stereocenters. The summed E-state index contributed by atoms with van der Waals surface area (Å²) in [5.41, 5.74) is 1.12. The third kappa shape index (κ3) is 4.38. The second kappa shape index (κ2) is 8.55. The zero-order chi connectivity index (χ0) is 21.3. The Labute approximate surface area is 183 Å². The molecule has 0 radical (unpaired) electrons. The number of fused-ring (bicyclic) bond motifs is 1. The van der Waals surface area contributed by atoms with E-state index in [0.29, 0.717) is 31.8 Å². The van der Waals surface area contributed by atoms with Gasteiger partial charge in [0.2, 0.25) is 5.91 Å². The van der Waals surface area contributed by atoms with Crippen molar-refractivity contribution in [2.75, 3.05) is 5.32 Å². The molecule has 4 aromatic rings. The lowest BCUT2D eigenvalue weighted by Crippen LogP contribution is -2.23. The Balaban J connectivity index is 1.55. The highest BCUT2D eigenvalue weighted by Gasteiger charge is 2.19. The minimum absolute atomic E-state index is 0.282. The number of nitrogens with zero attached hydrogens (tertiary/aromatic N) is 2. The fourth-order valence-corrected chi connectivity index (χ4v) is 4.64. The minimum atomic E-state index is -0.528. The van der Waals surface area contributed by atoms with E-state index in [4.69, 9.17) is 11.6 Å². The highest BCUT2D eigenvalue weighted by molar-refractivity contribution is 8.00. The molecule has 4 rings (SSSR count). The number of pyridine rings is 1. The molecule has 6 nitrogen and oxygen atoms in total. The van der Waals surface area contributed by atoms with Crippen LogP contribution in [0.3, 0.4) is 0 Å². The van der Waals surface area contributed by atoms with Gasteiger partial charge in [-0.05, 0) is 36.8 Å². The maximum Gasteiger partial charge on any atom is 0.260 e. The number of thioether (sulfide) groups is 1. The molecule has 3 heterocycles. The first-order chi connectivity index (χ1) is 14.4. The van der Waals surface area contributed by atoms with Crippen LogP contribution in [-0.2, 0) is 4.79 Å². The largest absolute Gasteiger partial charge is 0.310 e. The Bertz CT molecular complexity index is 1270. The first-order valence-electron chi connectivity index (χ1n) is 8.77. The van der Waals surface area contributed by atoms with Gasteiger partial charge in [-0.2, -0.15) is 0 Å². The smallest absolute Gasteiger partial charge is 0.260 e. The first kappa shape index (κ1) is 20.5. The molecule has 0 saturated heterocycles. The maximum atomic E-state index is 13.2. The van der Waals surface area contributed by atoms with Crippen molar-refractivity contribution in [3.05, 3.63) is 69.2 Å². The van der Waals surface area contributed by atoms with Crippen LogP contribution >= 0.6 is 34.7 Å². The summed E-state index contributed by atoms with van der Waals surface area (Å²) in [5.74, 6) is -0.239. The van der Waals surface area contributed by atoms with Crippen molar-refractivity contribution in [2.45, 2.75) is 17.3 Å². The van der Waals surface area contributed by atoms with Crippen molar-refractivity contribution in [3.8, 4) is 11.1 Å². The molecule has 0 aliphatic rings. The van der Waals surface area contributed by atoms with Gasteiger partial charge in [-0.1, -0.05) is 35.5 Å². The normalized spacial score (nSPS) is 12.1.